The van der Waals surface area contributed by atoms with Crippen molar-refractivity contribution >= 4 is 11.3 Å². The summed E-state index contributed by atoms with van der Waals surface area (Å²) in [7, 11) is 4.89. The van der Waals surface area contributed by atoms with Crippen LogP contribution in [0, 0.1) is 0 Å². The number of ether oxygens (including phenoxy) is 3. The fraction of sp³-hybridized carbons (Fsp3) is 0.400. The Kier molecular flexibility index (Phi) is 5.17. The fourth-order valence-corrected chi connectivity index (χ4v) is 3.17. The number of thiazole rings is 1. The number of nitrogens with two attached hydrogens (primary N) is 1. The van der Waals surface area contributed by atoms with Crippen LogP contribution in [-0.4, -0.2) is 26.3 Å². The number of benzene rings is 1. The Labute approximate surface area is 128 Å². The van der Waals surface area contributed by atoms with Gasteiger partial charge in [-0.15, -0.1) is 11.3 Å². The number of para-hydroxylation sites is 1. The average Bonchev–Trinajstić information content (AvgIpc) is 2.90. The van der Waals surface area contributed by atoms with Crippen LogP contribution in [0.25, 0.3) is 10.6 Å². The molecule has 0 aliphatic carbocycles. The van der Waals surface area contributed by atoms with Gasteiger partial charge in [-0.3, -0.25) is 0 Å². The van der Waals surface area contributed by atoms with Crippen LogP contribution in [0.15, 0.2) is 18.2 Å². The van der Waals surface area contributed by atoms with Gasteiger partial charge >= 0.3 is 0 Å². The zero-order valence-corrected chi connectivity index (χ0v) is 13.5. The summed E-state index contributed by atoms with van der Waals surface area (Å²) in [6.07, 6.45) is 0. The van der Waals surface area contributed by atoms with Gasteiger partial charge in [-0.2, -0.15) is 0 Å². The lowest BCUT2D eigenvalue weighted by Crippen LogP contribution is -2.06. The highest BCUT2D eigenvalue weighted by Crippen LogP contribution is 2.41. The lowest BCUT2D eigenvalue weighted by molar-refractivity contribution is 0.181. The zero-order valence-electron chi connectivity index (χ0n) is 12.7. The Balaban J connectivity index is 2.54. The normalized spacial score (nSPS) is 12.2. The number of hydrogen-bond donors (Lipinski definition) is 1. The van der Waals surface area contributed by atoms with Crippen LogP contribution in [0.5, 0.6) is 11.5 Å². The molecule has 0 saturated heterocycles. The summed E-state index contributed by atoms with van der Waals surface area (Å²) in [4.78, 5) is 5.68. The van der Waals surface area contributed by atoms with Crippen molar-refractivity contribution in [1.82, 2.24) is 4.98 Å². The fourth-order valence-electron chi connectivity index (χ4n) is 2.13. The monoisotopic (exact) mass is 308 g/mol. The van der Waals surface area contributed by atoms with E-state index in [1.165, 1.54) is 0 Å². The van der Waals surface area contributed by atoms with E-state index in [-0.39, 0.29) is 6.04 Å². The van der Waals surface area contributed by atoms with Gasteiger partial charge in [0.25, 0.3) is 0 Å². The van der Waals surface area contributed by atoms with Crippen molar-refractivity contribution in [2.75, 3.05) is 21.3 Å². The van der Waals surface area contributed by atoms with Crippen LogP contribution in [0.2, 0.25) is 0 Å². The number of rotatable bonds is 6. The minimum Gasteiger partial charge on any atom is -0.493 e. The molecule has 2 N–H and O–H groups in total. The predicted octanol–water partition coefficient (Wildman–Crippen LogP) is 2.99. The first-order chi connectivity index (χ1) is 10.1. The van der Waals surface area contributed by atoms with Gasteiger partial charge in [0.1, 0.15) is 5.01 Å². The number of nitrogens with zero attached hydrogens (tertiary/aromatic N) is 1. The molecule has 2 aromatic rings. The largest absolute Gasteiger partial charge is 0.493 e. The molecule has 0 aliphatic rings. The SMILES string of the molecule is COCc1nc(-c2cccc(OC)c2OC)sc1C(C)N. The third-order valence-electron chi connectivity index (χ3n) is 3.06. The van der Waals surface area contributed by atoms with Crippen molar-refractivity contribution in [3.05, 3.63) is 28.8 Å². The maximum absolute atomic E-state index is 6.02. The van der Waals surface area contributed by atoms with E-state index in [1.807, 2.05) is 25.1 Å². The van der Waals surface area contributed by atoms with Crippen LogP contribution in [-0.2, 0) is 11.3 Å². The first-order valence-corrected chi connectivity index (χ1v) is 7.39. The molecule has 6 heteroatoms. The van der Waals surface area contributed by atoms with Crippen molar-refractivity contribution in [3.63, 3.8) is 0 Å². The topological polar surface area (TPSA) is 66.6 Å². The van der Waals surface area contributed by atoms with E-state index in [1.54, 1.807) is 32.7 Å². The van der Waals surface area contributed by atoms with Crippen molar-refractivity contribution in [3.8, 4) is 22.1 Å². The Hall–Kier alpha value is -1.63. The smallest absolute Gasteiger partial charge is 0.170 e. The van der Waals surface area contributed by atoms with E-state index < -0.39 is 0 Å². The summed E-state index contributed by atoms with van der Waals surface area (Å²) in [6, 6.07) is 5.65. The van der Waals surface area contributed by atoms with Crippen molar-refractivity contribution in [2.24, 2.45) is 5.73 Å². The van der Waals surface area contributed by atoms with E-state index in [4.69, 9.17) is 19.9 Å². The summed E-state index contributed by atoms with van der Waals surface area (Å²) >= 11 is 1.56. The standard InChI is InChI=1S/C15H20N2O3S/c1-9(16)14-11(8-18-2)17-15(21-14)10-6-5-7-12(19-3)13(10)20-4/h5-7,9H,8,16H2,1-4H3. The van der Waals surface area contributed by atoms with Gasteiger partial charge in [0, 0.05) is 18.0 Å². The summed E-state index contributed by atoms with van der Waals surface area (Å²) < 4.78 is 16.0. The lowest BCUT2D eigenvalue weighted by Gasteiger charge is -2.10. The molecule has 2 rings (SSSR count). The molecule has 1 heterocycles. The van der Waals surface area contributed by atoms with Crippen LogP contribution < -0.4 is 15.2 Å². The Morgan fingerprint density at radius 1 is 1.24 bits per heavy atom. The van der Waals surface area contributed by atoms with E-state index in [0.29, 0.717) is 18.1 Å². The van der Waals surface area contributed by atoms with Crippen molar-refractivity contribution in [1.29, 1.82) is 0 Å². The van der Waals surface area contributed by atoms with Gasteiger partial charge in [-0.05, 0) is 19.1 Å². The molecule has 1 aromatic carbocycles. The number of aromatic nitrogens is 1. The molecule has 21 heavy (non-hydrogen) atoms. The zero-order chi connectivity index (χ0) is 15.4. The van der Waals surface area contributed by atoms with Crippen molar-refractivity contribution in [2.45, 2.75) is 19.6 Å². The van der Waals surface area contributed by atoms with Crippen molar-refractivity contribution < 1.29 is 14.2 Å². The molecule has 0 bridgehead atoms. The Morgan fingerprint density at radius 2 is 2.00 bits per heavy atom. The average molecular weight is 308 g/mol. The molecule has 0 fully saturated rings. The van der Waals surface area contributed by atoms with E-state index in [9.17, 15) is 0 Å². The highest BCUT2D eigenvalue weighted by Gasteiger charge is 2.19. The molecule has 0 spiro atoms. The van der Waals surface area contributed by atoms with Gasteiger partial charge in [-0.25, -0.2) is 4.98 Å². The van der Waals surface area contributed by atoms with Crippen LogP contribution in [0.4, 0.5) is 0 Å². The van der Waals surface area contributed by atoms with Crippen LogP contribution in [0.3, 0.4) is 0 Å². The minimum absolute atomic E-state index is 0.0852. The summed E-state index contributed by atoms with van der Waals surface area (Å²) in [5, 5.41) is 0.852. The summed E-state index contributed by atoms with van der Waals surface area (Å²) in [6.45, 7) is 2.39. The molecule has 0 saturated carbocycles. The maximum Gasteiger partial charge on any atom is 0.170 e. The molecule has 1 unspecified atom stereocenters. The van der Waals surface area contributed by atoms with Gasteiger partial charge < -0.3 is 19.9 Å². The van der Waals surface area contributed by atoms with Crippen LogP contribution in [0.1, 0.15) is 23.5 Å². The third kappa shape index (κ3) is 3.18. The Morgan fingerprint density at radius 3 is 2.57 bits per heavy atom. The second-order valence-corrected chi connectivity index (χ2v) is 5.62. The minimum atomic E-state index is -0.0852. The van der Waals surface area contributed by atoms with Gasteiger partial charge in [0.2, 0.25) is 0 Å². The second-order valence-electron chi connectivity index (χ2n) is 4.59. The highest BCUT2D eigenvalue weighted by molar-refractivity contribution is 7.15. The molecule has 0 radical (unpaired) electrons. The number of hydrogen-bond acceptors (Lipinski definition) is 6. The molecule has 114 valence electrons. The quantitative estimate of drug-likeness (QED) is 0.888. The summed E-state index contributed by atoms with van der Waals surface area (Å²) in [5.41, 5.74) is 7.79. The van der Waals surface area contributed by atoms with E-state index in [0.717, 1.165) is 21.1 Å². The molecule has 0 amide bonds. The molecular weight excluding hydrogens is 288 g/mol. The highest BCUT2D eigenvalue weighted by atomic mass is 32.1. The van der Waals surface area contributed by atoms with Crippen LogP contribution >= 0.6 is 11.3 Å². The van der Waals surface area contributed by atoms with Gasteiger partial charge in [-0.1, -0.05) is 6.07 Å². The molecule has 1 atom stereocenters. The molecule has 5 nitrogen and oxygen atoms in total. The first kappa shape index (κ1) is 15.8. The van der Waals surface area contributed by atoms with Gasteiger partial charge in [0.05, 0.1) is 32.1 Å². The van der Waals surface area contributed by atoms with E-state index in [2.05, 4.69) is 4.98 Å². The maximum atomic E-state index is 6.02. The Bertz CT molecular complexity index is 611. The van der Waals surface area contributed by atoms with Gasteiger partial charge in [0.15, 0.2) is 11.5 Å². The second kappa shape index (κ2) is 6.89. The summed E-state index contributed by atoms with van der Waals surface area (Å²) in [5.74, 6) is 1.36. The molecular formula is C15H20N2O3S. The molecule has 1 aromatic heterocycles. The molecule has 0 aliphatic heterocycles. The first-order valence-electron chi connectivity index (χ1n) is 6.57. The predicted molar refractivity (Wildman–Crippen MR) is 84.0 cm³/mol. The third-order valence-corrected chi connectivity index (χ3v) is 4.39. The lowest BCUT2D eigenvalue weighted by atomic mass is 10.2. The van der Waals surface area contributed by atoms with E-state index >= 15 is 0 Å². The number of methoxy groups -OCH3 is 3.